The summed E-state index contributed by atoms with van der Waals surface area (Å²) in [6.07, 6.45) is 1.68. The standard InChI is InChI=1S/C17H17ClN6O3S2/c1-26-14(11-4-5-12(18)28-11)15(25)20-16-22-23-17(29-16)27-10-6-8-24(9-10)13-3-2-7-19-21-13/h2-5,7,10,14H,6,8-9H2,1H3,(H,20,22,25)/t10-,14-/m1/s1. The lowest BCUT2D eigenvalue weighted by molar-refractivity contribution is -0.125. The molecule has 0 spiro atoms. The Balaban J connectivity index is 1.33. The van der Waals surface area contributed by atoms with Crippen LogP contribution in [-0.2, 0) is 9.53 Å². The van der Waals surface area contributed by atoms with Crippen LogP contribution in [0.1, 0.15) is 17.4 Å². The SMILES string of the molecule is CO[C@@H](C(=O)Nc1nnc(O[C@@H]2CCN(c3cccnn3)C2)s1)c1ccc(Cl)s1. The number of hydrogen-bond acceptors (Lipinski definition) is 10. The summed E-state index contributed by atoms with van der Waals surface area (Å²) in [6.45, 7) is 1.51. The molecule has 3 aromatic rings. The van der Waals surface area contributed by atoms with Gasteiger partial charge in [0.05, 0.1) is 10.9 Å². The number of aromatic nitrogens is 4. The van der Waals surface area contributed by atoms with Gasteiger partial charge in [0.2, 0.25) is 5.13 Å². The Kier molecular flexibility index (Phi) is 6.19. The molecule has 4 rings (SSSR count). The summed E-state index contributed by atoms with van der Waals surface area (Å²) in [5, 5.41) is 19.5. The first-order valence-electron chi connectivity index (χ1n) is 8.74. The number of carbonyl (C=O) groups is 1. The van der Waals surface area contributed by atoms with Crippen LogP contribution in [-0.4, -0.2) is 52.6 Å². The molecule has 1 fully saturated rings. The highest BCUT2D eigenvalue weighted by atomic mass is 35.5. The Labute approximate surface area is 179 Å². The van der Waals surface area contributed by atoms with Crippen molar-refractivity contribution in [3.05, 3.63) is 39.7 Å². The van der Waals surface area contributed by atoms with E-state index in [0.29, 0.717) is 26.1 Å². The lowest BCUT2D eigenvalue weighted by atomic mass is 10.3. The predicted molar refractivity (Wildman–Crippen MR) is 111 cm³/mol. The third-order valence-electron chi connectivity index (χ3n) is 4.26. The summed E-state index contributed by atoms with van der Waals surface area (Å²) < 4.78 is 11.8. The maximum atomic E-state index is 12.5. The van der Waals surface area contributed by atoms with E-state index < -0.39 is 6.10 Å². The number of nitrogens with one attached hydrogen (secondary N) is 1. The van der Waals surface area contributed by atoms with Crippen molar-refractivity contribution in [1.82, 2.24) is 20.4 Å². The predicted octanol–water partition coefficient (Wildman–Crippen LogP) is 3.03. The highest BCUT2D eigenvalue weighted by Crippen LogP contribution is 2.31. The monoisotopic (exact) mass is 452 g/mol. The third kappa shape index (κ3) is 4.81. The number of carbonyl (C=O) groups excluding carboxylic acids is 1. The van der Waals surface area contributed by atoms with Gasteiger partial charge in [-0.05, 0) is 35.6 Å². The molecule has 4 heterocycles. The van der Waals surface area contributed by atoms with E-state index in [4.69, 9.17) is 21.1 Å². The maximum absolute atomic E-state index is 12.5. The van der Waals surface area contributed by atoms with Crippen LogP contribution in [0, 0.1) is 0 Å². The van der Waals surface area contributed by atoms with Crippen LogP contribution in [0.15, 0.2) is 30.5 Å². The van der Waals surface area contributed by atoms with Crippen LogP contribution < -0.4 is 15.0 Å². The van der Waals surface area contributed by atoms with Crippen LogP contribution >= 0.6 is 34.3 Å². The molecular formula is C17H17ClN6O3S2. The number of ether oxygens (including phenoxy) is 2. The van der Waals surface area contributed by atoms with Gasteiger partial charge in [-0.15, -0.1) is 21.5 Å². The van der Waals surface area contributed by atoms with E-state index in [1.54, 1.807) is 18.3 Å². The van der Waals surface area contributed by atoms with Gasteiger partial charge >= 0.3 is 0 Å². The average Bonchev–Trinajstić information content (AvgIpc) is 3.46. The van der Waals surface area contributed by atoms with E-state index in [1.807, 2.05) is 12.1 Å². The van der Waals surface area contributed by atoms with Gasteiger partial charge in [-0.25, -0.2) is 0 Å². The van der Waals surface area contributed by atoms with Gasteiger partial charge in [0, 0.05) is 31.1 Å². The number of amides is 1. The van der Waals surface area contributed by atoms with Gasteiger partial charge in [-0.2, -0.15) is 5.10 Å². The lowest BCUT2D eigenvalue weighted by Crippen LogP contribution is -2.25. The zero-order valence-corrected chi connectivity index (χ0v) is 17.7. The summed E-state index contributed by atoms with van der Waals surface area (Å²) in [4.78, 5) is 15.3. The Hall–Kier alpha value is -2.34. The van der Waals surface area contributed by atoms with E-state index in [2.05, 4.69) is 30.6 Å². The van der Waals surface area contributed by atoms with Crippen LogP contribution in [0.4, 0.5) is 10.9 Å². The lowest BCUT2D eigenvalue weighted by Gasteiger charge is -2.16. The fourth-order valence-corrected chi connectivity index (χ4v) is 4.74. The van der Waals surface area contributed by atoms with Gasteiger partial charge in [0.15, 0.2) is 11.9 Å². The molecule has 152 valence electrons. The molecule has 9 nitrogen and oxygen atoms in total. The van der Waals surface area contributed by atoms with E-state index >= 15 is 0 Å². The molecule has 0 radical (unpaired) electrons. The smallest absolute Gasteiger partial charge is 0.296 e. The number of thiophene rings is 1. The van der Waals surface area contributed by atoms with Crippen LogP contribution in [0.5, 0.6) is 5.19 Å². The molecule has 0 bridgehead atoms. The van der Waals surface area contributed by atoms with Crippen molar-refractivity contribution < 1.29 is 14.3 Å². The van der Waals surface area contributed by atoms with Gasteiger partial charge in [0.1, 0.15) is 6.10 Å². The first-order chi connectivity index (χ1) is 14.1. The van der Waals surface area contributed by atoms with E-state index in [1.165, 1.54) is 29.8 Å². The van der Waals surface area contributed by atoms with E-state index in [-0.39, 0.29) is 12.0 Å². The van der Waals surface area contributed by atoms with Crippen molar-refractivity contribution in [3.8, 4) is 5.19 Å². The first kappa shape index (κ1) is 20.0. The van der Waals surface area contributed by atoms with Crippen LogP contribution in [0.25, 0.3) is 0 Å². The molecule has 1 aliphatic heterocycles. The number of nitrogens with zero attached hydrogens (tertiary/aromatic N) is 5. The van der Waals surface area contributed by atoms with Crippen LogP contribution in [0.2, 0.25) is 4.34 Å². The number of rotatable bonds is 7. The summed E-state index contributed by atoms with van der Waals surface area (Å²) in [6, 6.07) is 7.26. The quantitative estimate of drug-likeness (QED) is 0.583. The number of hydrogen-bond donors (Lipinski definition) is 1. The highest BCUT2D eigenvalue weighted by Gasteiger charge is 2.27. The molecule has 1 aliphatic rings. The zero-order valence-electron chi connectivity index (χ0n) is 15.3. The zero-order chi connectivity index (χ0) is 20.2. The van der Waals surface area contributed by atoms with Crippen LogP contribution in [0.3, 0.4) is 0 Å². The molecular weight excluding hydrogens is 436 g/mol. The summed E-state index contributed by atoms with van der Waals surface area (Å²) in [7, 11) is 1.47. The second-order valence-electron chi connectivity index (χ2n) is 6.18. The minimum absolute atomic E-state index is 0.0338. The van der Waals surface area contributed by atoms with Gasteiger partial charge in [-0.1, -0.05) is 16.7 Å². The molecule has 1 amide bonds. The first-order valence-corrected chi connectivity index (χ1v) is 10.7. The fourth-order valence-electron chi connectivity index (χ4n) is 2.94. The van der Waals surface area contributed by atoms with Crippen molar-refractivity contribution in [2.75, 3.05) is 30.4 Å². The summed E-state index contributed by atoms with van der Waals surface area (Å²) in [5.74, 6) is 0.478. The van der Waals surface area contributed by atoms with Gasteiger partial charge in [0.25, 0.3) is 11.1 Å². The van der Waals surface area contributed by atoms with Crippen molar-refractivity contribution in [2.45, 2.75) is 18.6 Å². The number of methoxy groups -OCH3 is 1. The van der Waals surface area contributed by atoms with Crippen molar-refractivity contribution in [3.63, 3.8) is 0 Å². The molecule has 0 aliphatic carbocycles. The Morgan fingerprint density at radius 2 is 2.21 bits per heavy atom. The summed E-state index contributed by atoms with van der Waals surface area (Å²) >= 11 is 8.41. The summed E-state index contributed by atoms with van der Waals surface area (Å²) in [5.41, 5.74) is 0. The second-order valence-corrected chi connectivity index (χ2v) is 8.86. The molecule has 2 atom stereocenters. The third-order valence-corrected chi connectivity index (χ3v) is 6.26. The van der Waals surface area contributed by atoms with Crippen molar-refractivity contribution >= 4 is 51.1 Å². The molecule has 0 saturated carbocycles. The number of anilines is 2. The van der Waals surface area contributed by atoms with Gasteiger partial charge < -0.3 is 14.4 Å². The second kappa shape index (κ2) is 8.99. The van der Waals surface area contributed by atoms with E-state index in [9.17, 15) is 4.79 Å². The van der Waals surface area contributed by atoms with Crippen molar-refractivity contribution in [2.24, 2.45) is 0 Å². The normalized spacial score (nSPS) is 17.3. The molecule has 3 aromatic heterocycles. The maximum Gasteiger partial charge on any atom is 0.296 e. The Morgan fingerprint density at radius 3 is 2.93 bits per heavy atom. The molecule has 0 aromatic carbocycles. The average molecular weight is 453 g/mol. The van der Waals surface area contributed by atoms with E-state index in [0.717, 1.165) is 18.8 Å². The Morgan fingerprint density at radius 1 is 1.31 bits per heavy atom. The molecule has 12 heteroatoms. The largest absolute Gasteiger partial charge is 0.464 e. The molecule has 1 saturated heterocycles. The molecule has 1 N–H and O–H groups in total. The molecule has 29 heavy (non-hydrogen) atoms. The van der Waals surface area contributed by atoms with Gasteiger partial charge in [-0.3, -0.25) is 10.1 Å². The highest BCUT2D eigenvalue weighted by molar-refractivity contribution is 7.17. The van der Waals surface area contributed by atoms with Crippen molar-refractivity contribution in [1.29, 1.82) is 0 Å². The minimum Gasteiger partial charge on any atom is -0.464 e. The Bertz CT molecular complexity index is 969. The molecule has 0 unspecified atom stereocenters. The fraction of sp³-hybridized carbons (Fsp3) is 0.353. The number of halogens is 1. The topological polar surface area (TPSA) is 102 Å². The minimum atomic E-state index is -0.767.